The van der Waals surface area contributed by atoms with Crippen molar-refractivity contribution in [3.05, 3.63) is 46.4 Å². The molecule has 5 heteroatoms. The zero-order valence-electron chi connectivity index (χ0n) is 9.35. The number of hydrogen-bond donors (Lipinski definition) is 2. The van der Waals surface area contributed by atoms with Gasteiger partial charge in [-0.2, -0.15) is 0 Å². The summed E-state index contributed by atoms with van der Waals surface area (Å²) in [5.41, 5.74) is 8.49. The van der Waals surface area contributed by atoms with Gasteiger partial charge in [-0.25, -0.2) is 4.98 Å². The van der Waals surface area contributed by atoms with E-state index in [1.807, 2.05) is 30.5 Å². The molecule has 0 fully saturated rings. The van der Waals surface area contributed by atoms with E-state index in [4.69, 9.17) is 5.73 Å². The third-order valence-electron chi connectivity index (χ3n) is 2.59. The summed E-state index contributed by atoms with van der Waals surface area (Å²) in [5, 5.41) is 2.05. The molecular weight excluding hydrogens is 310 g/mol. The van der Waals surface area contributed by atoms with Gasteiger partial charge >= 0.3 is 0 Å². The van der Waals surface area contributed by atoms with Crippen molar-refractivity contribution in [2.75, 3.05) is 5.73 Å². The third-order valence-corrected chi connectivity index (χ3v) is 4.32. The number of imidazole rings is 1. The van der Waals surface area contributed by atoms with Gasteiger partial charge in [0, 0.05) is 21.1 Å². The van der Waals surface area contributed by atoms with E-state index in [0.717, 1.165) is 32.1 Å². The van der Waals surface area contributed by atoms with Gasteiger partial charge in [0.15, 0.2) is 0 Å². The SMILES string of the molecule is Nc1ccc(-c2ncc(-c3cc(Br)cs3)[nH]2)cc1. The highest BCUT2D eigenvalue weighted by Crippen LogP contribution is 2.30. The van der Waals surface area contributed by atoms with Crippen LogP contribution < -0.4 is 5.73 Å². The summed E-state index contributed by atoms with van der Waals surface area (Å²) in [7, 11) is 0. The molecule has 0 bridgehead atoms. The number of nitrogens with two attached hydrogens (primary N) is 1. The summed E-state index contributed by atoms with van der Waals surface area (Å²) in [5.74, 6) is 0.856. The van der Waals surface area contributed by atoms with Crippen molar-refractivity contribution >= 4 is 33.0 Å². The fourth-order valence-electron chi connectivity index (χ4n) is 1.69. The van der Waals surface area contributed by atoms with Gasteiger partial charge in [0.25, 0.3) is 0 Å². The van der Waals surface area contributed by atoms with Gasteiger partial charge in [0.2, 0.25) is 0 Å². The van der Waals surface area contributed by atoms with Gasteiger partial charge < -0.3 is 10.7 Å². The van der Waals surface area contributed by atoms with E-state index in [0.29, 0.717) is 0 Å². The first kappa shape index (κ1) is 11.5. The van der Waals surface area contributed by atoms with E-state index in [2.05, 4.69) is 37.3 Å². The Morgan fingerprint density at radius 2 is 2.00 bits per heavy atom. The fraction of sp³-hybridized carbons (Fsp3) is 0. The molecule has 0 saturated carbocycles. The van der Waals surface area contributed by atoms with Gasteiger partial charge in [-0.15, -0.1) is 11.3 Å². The van der Waals surface area contributed by atoms with E-state index in [1.54, 1.807) is 11.3 Å². The molecule has 3 rings (SSSR count). The molecule has 0 amide bonds. The number of nitrogen functional groups attached to an aromatic ring is 1. The smallest absolute Gasteiger partial charge is 0.137 e. The van der Waals surface area contributed by atoms with Gasteiger partial charge in [0.05, 0.1) is 16.8 Å². The number of thiophene rings is 1. The maximum absolute atomic E-state index is 5.67. The van der Waals surface area contributed by atoms with Crippen molar-refractivity contribution in [3.63, 3.8) is 0 Å². The largest absolute Gasteiger partial charge is 0.399 e. The average molecular weight is 320 g/mol. The number of aromatic nitrogens is 2. The summed E-state index contributed by atoms with van der Waals surface area (Å²) >= 11 is 5.13. The highest BCUT2D eigenvalue weighted by Gasteiger charge is 2.07. The molecule has 1 aromatic carbocycles. The molecule has 90 valence electrons. The fourth-order valence-corrected chi connectivity index (χ4v) is 3.08. The quantitative estimate of drug-likeness (QED) is 0.697. The second kappa shape index (κ2) is 4.59. The number of rotatable bonds is 2. The lowest BCUT2D eigenvalue weighted by Crippen LogP contribution is -1.85. The maximum Gasteiger partial charge on any atom is 0.137 e. The minimum Gasteiger partial charge on any atom is -0.399 e. The second-order valence-electron chi connectivity index (χ2n) is 3.90. The molecule has 3 N–H and O–H groups in total. The Kier molecular flexibility index (Phi) is 2.93. The monoisotopic (exact) mass is 319 g/mol. The van der Waals surface area contributed by atoms with Gasteiger partial charge in [0.1, 0.15) is 5.82 Å². The Morgan fingerprint density at radius 3 is 2.67 bits per heavy atom. The molecule has 0 atom stereocenters. The van der Waals surface area contributed by atoms with E-state index in [1.165, 1.54) is 0 Å². The summed E-state index contributed by atoms with van der Waals surface area (Å²) < 4.78 is 1.09. The first-order chi connectivity index (χ1) is 8.72. The van der Waals surface area contributed by atoms with Gasteiger partial charge in [-0.1, -0.05) is 0 Å². The molecular formula is C13H10BrN3S. The van der Waals surface area contributed by atoms with Crippen molar-refractivity contribution in [3.8, 4) is 22.0 Å². The average Bonchev–Trinajstić information content (AvgIpc) is 2.98. The molecule has 2 aromatic heterocycles. The lowest BCUT2D eigenvalue weighted by Gasteiger charge is -1.97. The van der Waals surface area contributed by atoms with Crippen LogP contribution in [0.3, 0.4) is 0 Å². The molecule has 18 heavy (non-hydrogen) atoms. The zero-order valence-corrected chi connectivity index (χ0v) is 11.8. The van der Waals surface area contributed by atoms with Crippen molar-refractivity contribution in [2.24, 2.45) is 0 Å². The van der Waals surface area contributed by atoms with E-state index >= 15 is 0 Å². The standard InChI is InChI=1S/C13H10BrN3S/c14-9-5-12(18-7-9)11-6-16-13(17-11)8-1-3-10(15)4-2-8/h1-7H,15H2,(H,16,17). The lowest BCUT2D eigenvalue weighted by molar-refractivity contribution is 1.31. The predicted octanol–water partition coefficient (Wildman–Crippen LogP) is 4.15. The minimum atomic E-state index is 0.757. The van der Waals surface area contributed by atoms with Crippen LogP contribution in [0, 0.1) is 0 Å². The Morgan fingerprint density at radius 1 is 1.22 bits per heavy atom. The molecule has 0 spiro atoms. The van der Waals surface area contributed by atoms with Gasteiger partial charge in [-0.05, 0) is 46.3 Å². The number of hydrogen-bond acceptors (Lipinski definition) is 3. The van der Waals surface area contributed by atoms with Crippen LogP contribution in [0.2, 0.25) is 0 Å². The molecule has 0 radical (unpaired) electrons. The first-order valence-corrected chi connectivity index (χ1v) is 7.05. The number of benzene rings is 1. The second-order valence-corrected chi connectivity index (χ2v) is 5.72. The topological polar surface area (TPSA) is 54.7 Å². The van der Waals surface area contributed by atoms with Crippen molar-refractivity contribution in [1.29, 1.82) is 0 Å². The lowest BCUT2D eigenvalue weighted by atomic mass is 10.2. The van der Waals surface area contributed by atoms with Crippen LogP contribution in [0.5, 0.6) is 0 Å². The molecule has 0 aliphatic heterocycles. The Hall–Kier alpha value is -1.59. The van der Waals surface area contributed by atoms with Crippen LogP contribution in [0.4, 0.5) is 5.69 Å². The summed E-state index contributed by atoms with van der Waals surface area (Å²) in [6.45, 7) is 0. The first-order valence-electron chi connectivity index (χ1n) is 5.38. The summed E-state index contributed by atoms with van der Waals surface area (Å²) in [4.78, 5) is 8.88. The molecule has 0 saturated heterocycles. The van der Waals surface area contributed by atoms with Crippen LogP contribution in [-0.2, 0) is 0 Å². The van der Waals surface area contributed by atoms with Crippen LogP contribution in [-0.4, -0.2) is 9.97 Å². The van der Waals surface area contributed by atoms with Crippen LogP contribution >= 0.6 is 27.3 Å². The molecule has 0 aliphatic rings. The molecule has 3 aromatic rings. The van der Waals surface area contributed by atoms with Crippen LogP contribution in [0.25, 0.3) is 22.0 Å². The van der Waals surface area contributed by atoms with Gasteiger partial charge in [-0.3, -0.25) is 0 Å². The summed E-state index contributed by atoms with van der Waals surface area (Å²) in [6.07, 6.45) is 1.85. The van der Waals surface area contributed by atoms with E-state index < -0.39 is 0 Å². The molecule has 0 aliphatic carbocycles. The molecule has 3 nitrogen and oxygen atoms in total. The zero-order chi connectivity index (χ0) is 12.5. The van der Waals surface area contributed by atoms with Crippen molar-refractivity contribution in [1.82, 2.24) is 9.97 Å². The Bertz CT molecular complexity index is 670. The van der Waals surface area contributed by atoms with Crippen LogP contribution in [0.15, 0.2) is 46.4 Å². The maximum atomic E-state index is 5.67. The van der Waals surface area contributed by atoms with Crippen molar-refractivity contribution < 1.29 is 0 Å². The van der Waals surface area contributed by atoms with E-state index in [-0.39, 0.29) is 0 Å². The number of H-pyrrole nitrogens is 1. The van der Waals surface area contributed by atoms with Crippen LogP contribution in [0.1, 0.15) is 0 Å². The molecule has 2 heterocycles. The number of halogens is 1. The normalized spacial score (nSPS) is 10.7. The van der Waals surface area contributed by atoms with E-state index in [9.17, 15) is 0 Å². The summed E-state index contributed by atoms with van der Waals surface area (Å²) in [6, 6.07) is 9.74. The van der Waals surface area contributed by atoms with Crippen molar-refractivity contribution in [2.45, 2.75) is 0 Å². The highest BCUT2D eigenvalue weighted by atomic mass is 79.9. The molecule has 0 unspecified atom stereocenters. The Balaban J connectivity index is 1.96. The number of aromatic amines is 1. The third kappa shape index (κ3) is 2.19. The Labute approximate surface area is 117 Å². The predicted molar refractivity (Wildman–Crippen MR) is 79.4 cm³/mol. The number of nitrogens with zero attached hydrogens (tertiary/aromatic N) is 1. The highest BCUT2D eigenvalue weighted by molar-refractivity contribution is 9.10. The minimum absolute atomic E-state index is 0.757. The number of anilines is 1. The number of nitrogens with one attached hydrogen (secondary N) is 1.